The topological polar surface area (TPSA) is 55.2 Å². The summed E-state index contributed by atoms with van der Waals surface area (Å²) < 4.78 is 15.6. The van der Waals surface area contributed by atoms with E-state index in [9.17, 15) is 14.0 Å². The Bertz CT molecular complexity index is 1410. The molecular weight excluding hydrogens is 441 g/mol. The summed E-state index contributed by atoms with van der Waals surface area (Å²) in [5.41, 5.74) is 2.33. The number of benzene rings is 3. The molecule has 0 spiro atoms. The van der Waals surface area contributed by atoms with Crippen LogP contribution in [0.3, 0.4) is 0 Å². The molecule has 0 radical (unpaired) electrons. The first-order valence-electron chi connectivity index (χ1n) is 12.1. The van der Waals surface area contributed by atoms with E-state index < -0.39 is 11.9 Å². The summed E-state index contributed by atoms with van der Waals surface area (Å²) in [7, 11) is 0. The molecular formula is C29H30FN3O2. The van der Waals surface area contributed by atoms with E-state index in [1.165, 1.54) is 18.2 Å². The van der Waals surface area contributed by atoms with E-state index in [0.29, 0.717) is 23.3 Å². The SMILES string of the molecule is CCCCCN(C(=O)c1cccc(F)c1)C(C)c1nc2ccccc2c(=O)n1-c1ccccc1C. The van der Waals surface area contributed by atoms with Gasteiger partial charge in [-0.15, -0.1) is 0 Å². The molecule has 0 bridgehead atoms. The quantitative estimate of drug-likeness (QED) is 0.286. The van der Waals surface area contributed by atoms with Crippen molar-refractivity contribution in [3.05, 3.63) is 106 Å². The third kappa shape index (κ3) is 5.02. The average Bonchev–Trinajstić information content (AvgIpc) is 2.86. The molecule has 0 fully saturated rings. The Morgan fingerprint density at radius 1 is 1.03 bits per heavy atom. The molecule has 3 aromatic carbocycles. The Morgan fingerprint density at radius 2 is 1.77 bits per heavy atom. The monoisotopic (exact) mass is 471 g/mol. The highest BCUT2D eigenvalue weighted by Crippen LogP contribution is 2.26. The van der Waals surface area contributed by atoms with Crippen LogP contribution in [0.4, 0.5) is 4.39 Å². The molecule has 180 valence electrons. The number of nitrogens with zero attached hydrogens (tertiary/aromatic N) is 3. The highest BCUT2D eigenvalue weighted by molar-refractivity contribution is 5.94. The standard InChI is InChI=1S/C29H30FN3O2/c1-4-5-10-18-32(28(34)22-13-11-14-23(30)19-22)21(3)27-31-25-16-8-7-15-24(25)29(35)33(27)26-17-9-6-12-20(26)2/h6-9,11-17,19,21H,4-5,10,18H2,1-3H3. The van der Waals surface area contributed by atoms with E-state index in [2.05, 4.69) is 6.92 Å². The Kier molecular flexibility index (Phi) is 7.39. The number of fused-ring (bicyclic) bond motifs is 1. The smallest absolute Gasteiger partial charge is 0.266 e. The molecule has 35 heavy (non-hydrogen) atoms. The fourth-order valence-corrected chi connectivity index (χ4v) is 4.41. The number of aryl methyl sites for hydroxylation is 1. The van der Waals surface area contributed by atoms with Gasteiger partial charge in [0, 0.05) is 12.1 Å². The van der Waals surface area contributed by atoms with Crippen LogP contribution in [0.5, 0.6) is 0 Å². The van der Waals surface area contributed by atoms with E-state index in [1.807, 2.05) is 56.3 Å². The van der Waals surface area contributed by atoms with E-state index in [1.54, 1.807) is 21.6 Å². The molecule has 0 aliphatic rings. The van der Waals surface area contributed by atoms with Gasteiger partial charge in [0.25, 0.3) is 11.5 Å². The molecule has 5 nitrogen and oxygen atoms in total. The second-order valence-corrected chi connectivity index (χ2v) is 8.81. The maximum Gasteiger partial charge on any atom is 0.266 e. The second-order valence-electron chi connectivity index (χ2n) is 8.81. The fourth-order valence-electron chi connectivity index (χ4n) is 4.41. The lowest BCUT2D eigenvalue weighted by Crippen LogP contribution is -2.38. The third-order valence-corrected chi connectivity index (χ3v) is 6.33. The van der Waals surface area contributed by atoms with Gasteiger partial charge >= 0.3 is 0 Å². The van der Waals surface area contributed by atoms with E-state index in [0.717, 1.165) is 30.5 Å². The third-order valence-electron chi connectivity index (χ3n) is 6.33. The van der Waals surface area contributed by atoms with Gasteiger partial charge in [0.05, 0.1) is 22.6 Å². The maximum absolute atomic E-state index is 14.0. The zero-order valence-corrected chi connectivity index (χ0v) is 20.4. The molecule has 0 saturated carbocycles. The van der Waals surface area contributed by atoms with Crippen molar-refractivity contribution in [2.24, 2.45) is 0 Å². The highest BCUT2D eigenvalue weighted by atomic mass is 19.1. The van der Waals surface area contributed by atoms with E-state index >= 15 is 0 Å². The molecule has 1 aromatic heterocycles. The van der Waals surface area contributed by atoms with Crippen LogP contribution in [0.25, 0.3) is 16.6 Å². The van der Waals surface area contributed by atoms with E-state index in [4.69, 9.17) is 4.98 Å². The summed E-state index contributed by atoms with van der Waals surface area (Å²) in [5, 5.41) is 0.515. The van der Waals surface area contributed by atoms with Crippen LogP contribution in [0.1, 0.15) is 60.9 Å². The molecule has 0 aliphatic carbocycles. The van der Waals surface area contributed by atoms with Crippen LogP contribution in [0, 0.1) is 12.7 Å². The van der Waals surface area contributed by atoms with Gasteiger partial charge in [-0.2, -0.15) is 0 Å². The van der Waals surface area contributed by atoms with Gasteiger partial charge in [0.15, 0.2) is 0 Å². The summed E-state index contributed by atoms with van der Waals surface area (Å²) in [6, 6.07) is 20.1. The zero-order chi connectivity index (χ0) is 24.9. The maximum atomic E-state index is 14.0. The van der Waals surface area contributed by atoms with Crippen LogP contribution >= 0.6 is 0 Å². The number of para-hydroxylation sites is 2. The van der Waals surface area contributed by atoms with Gasteiger partial charge in [0.2, 0.25) is 0 Å². The first-order chi connectivity index (χ1) is 16.9. The summed E-state index contributed by atoms with van der Waals surface area (Å²) in [6.45, 7) is 6.40. The fraction of sp³-hybridized carbons (Fsp3) is 0.276. The summed E-state index contributed by atoms with van der Waals surface area (Å²) in [5.74, 6) is -0.270. The van der Waals surface area contributed by atoms with Crippen molar-refractivity contribution in [2.75, 3.05) is 6.54 Å². The number of unbranched alkanes of at least 4 members (excludes halogenated alkanes) is 2. The van der Waals surface area contributed by atoms with Gasteiger partial charge < -0.3 is 4.90 Å². The van der Waals surface area contributed by atoms with Crippen molar-refractivity contribution >= 4 is 16.8 Å². The summed E-state index contributed by atoms with van der Waals surface area (Å²) in [6.07, 6.45) is 2.75. The number of rotatable bonds is 8. The van der Waals surface area contributed by atoms with Crippen LogP contribution in [0.15, 0.2) is 77.6 Å². The minimum absolute atomic E-state index is 0.182. The Labute approximate surface area is 204 Å². The molecule has 1 heterocycles. The van der Waals surface area contributed by atoms with Crippen molar-refractivity contribution in [3.8, 4) is 5.69 Å². The normalized spacial score (nSPS) is 12.0. The molecule has 4 rings (SSSR count). The van der Waals surface area contributed by atoms with Gasteiger partial charge in [-0.05, 0) is 62.2 Å². The van der Waals surface area contributed by atoms with Gasteiger partial charge in [0.1, 0.15) is 11.6 Å². The average molecular weight is 472 g/mol. The minimum Gasteiger partial charge on any atom is -0.329 e. The lowest BCUT2D eigenvalue weighted by atomic mass is 10.1. The molecule has 0 N–H and O–H groups in total. The number of hydrogen-bond donors (Lipinski definition) is 0. The van der Waals surface area contributed by atoms with Crippen LogP contribution < -0.4 is 5.56 Å². The largest absolute Gasteiger partial charge is 0.329 e. The molecule has 1 unspecified atom stereocenters. The van der Waals surface area contributed by atoms with Crippen molar-refractivity contribution in [3.63, 3.8) is 0 Å². The van der Waals surface area contributed by atoms with Crippen LogP contribution in [0.2, 0.25) is 0 Å². The Morgan fingerprint density at radius 3 is 2.51 bits per heavy atom. The minimum atomic E-state index is -0.528. The molecule has 0 saturated heterocycles. The molecule has 6 heteroatoms. The van der Waals surface area contributed by atoms with Crippen LogP contribution in [-0.2, 0) is 0 Å². The van der Waals surface area contributed by atoms with Crippen molar-refractivity contribution in [1.29, 1.82) is 0 Å². The molecule has 0 aliphatic heterocycles. The first kappa shape index (κ1) is 24.3. The first-order valence-corrected chi connectivity index (χ1v) is 12.1. The zero-order valence-electron chi connectivity index (χ0n) is 20.4. The molecule has 4 aromatic rings. The van der Waals surface area contributed by atoms with E-state index in [-0.39, 0.29) is 17.0 Å². The molecule has 1 atom stereocenters. The number of hydrogen-bond acceptors (Lipinski definition) is 3. The van der Waals surface area contributed by atoms with Crippen molar-refractivity contribution < 1.29 is 9.18 Å². The predicted molar refractivity (Wildman–Crippen MR) is 137 cm³/mol. The van der Waals surface area contributed by atoms with Crippen LogP contribution in [-0.4, -0.2) is 26.9 Å². The summed E-state index contributed by atoms with van der Waals surface area (Å²) in [4.78, 5) is 34.0. The Balaban J connectivity index is 1.90. The van der Waals surface area contributed by atoms with Crippen molar-refractivity contribution in [1.82, 2.24) is 14.5 Å². The van der Waals surface area contributed by atoms with Crippen molar-refractivity contribution in [2.45, 2.75) is 46.1 Å². The number of halogens is 1. The van der Waals surface area contributed by atoms with Gasteiger partial charge in [-0.25, -0.2) is 9.37 Å². The second kappa shape index (κ2) is 10.6. The highest BCUT2D eigenvalue weighted by Gasteiger charge is 2.28. The lowest BCUT2D eigenvalue weighted by Gasteiger charge is -2.31. The number of aromatic nitrogens is 2. The predicted octanol–water partition coefficient (Wildman–Crippen LogP) is 6.23. The number of carbonyl (C=O) groups excluding carboxylic acids is 1. The number of amides is 1. The van der Waals surface area contributed by atoms with Gasteiger partial charge in [-0.3, -0.25) is 14.2 Å². The Hall–Kier alpha value is -3.80. The summed E-state index contributed by atoms with van der Waals surface area (Å²) >= 11 is 0. The lowest BCUT2D eigenvalue weighted by molar-refractivity contribution is 0.0676. The molecule has 1 amide bonds. The van der Waals surface area contributed by atoms with Gasteiger partial charge in [-0.1, -0.05) is 56.2 Å². The number of carbonyl (C=O) groups is 1.